The summed E-state index contributed by atoms with van der Waals surface area (Å²) >= 11 is 3.44. The number of nitrogens with two attached hydrogens (primary N) is 1. The van der Waals surface area contributed by atoms with Crippen molar-refractivity contribution in [1.29, 1.82) is 0 Å². The fourth-order valence-corrected chi connectivity index (χ4v) is 2.40. The van der Waals surface area contributed by atoms with Crippen LogP contribution in [0.25, 0.3) is 10.9 Å². The molecule has 0 bridgehead atoms. The van der Waals surface area contributed by atoms with E-state index in [1.807, 2.05) is 12.3 Å². The minimum atomic E-state index is 0.114. The Balaban J connectivity index is 2.04. The number of nitrogens with zero attached hydrogens (tertiary/aromatic N) is 1. The molecule has 1 heterocycles. The Morgan fingerprint density at radius 2 is 2.24 bits per heavy atom. The molecule has 2 aromatic rings. The fraction of sp³-hybridized carbons (Fsp3) is 0.308. The van der Waals surface area contributed by atoms with Crippen molar-refractivity contribution in [3.05, 3.63) is 34.9 Å². The number of rotatable bonds is 3. The first-order valence-corrected chi connectivity index (χ1v) is 6.54. The van der Waals surface area contributed by atoms with E-state index in [0.717, 1.165) is 33.9 Å². The molecule has 1 aromatic carbocycles. The second-order valence-corrected chi connectivity index (χ2v) is 5.56. The maximum absolute atomic E-state index is 5.79. The van der Waals surface area contributed by atoms with Gasteiger partial charge in [0.2, 0.25) is 0 Å². The van der Waals surface area contributed by atoms with Crippen LogP contribution in [0, 0.1) is 0 Å². The minimum Gasteiger partial charge on any atom is -0.377 e. The zero-order valence-electron chi connectivity index (χ0n) is 9.41. The lowest BCUT2D eigenvalue weighted by atomic mass is 10.1. The number of aromatic nitrogens is 1. The molecule has 1 fully saturated rings. The molecule has 0 amide bonds. The summed E-state index contributed by atoms with van der Waals surface area (Å²) < 4.78 is 1.00. The van der Waals surface area contributed by atoms with E-state index in [9.17, 15) is 0 Å². The van der Waals surface area contributed by atoms with Gasteiger partial charge in [0, 0.05) is 28.1 Å². The Bertz CT molecular complexity index is 564. The Morgan fingerprint density at radius 1 is 1.41 bits per heavy atom. The predicted molar refractivity (Wildman–Crippen MR) is 74.1 cm³/mol. The van der Waals surface area contributed by atoms with Crippen LogP contribution >= 0.6 is 15.9 Å². The molecule has 17 heavy (non-hydrogen) atoms. The molecular weight excluding hydrogens is 278 g/mol. The van der Waals surface area contributed by atoms with Crippen LogP contribution in [0.2, 0.25) is 0 Å². The van der Waals surface area contributed by atoms with Crippen molar-refractivity contribution in [3.63, 3.8) is 0 Å². The number of hydrogen-bond donors (Lipinski definition) is 2. The van der Waals surface area contributed by atoms with Gasteiger partial charge in [0.05, 0.1) is 11.2 Å². The van der Waals surface area contributed by atoms with Gasteiger partial charge in [-0.1, -0.05) is 12.1 Å². The first kappa shape index (κ1) is 11.0. The quantitative estimate of drug-likeness (QED) is 0.914. The van der Waals surface area contributed by atoms with Crippen LogP contribution in [0.1, 0.15) is 12.8 Å². The zero-order chi connectivity index (χ0) is 11.9. The summed E-state index contributed by atoms with van der Waals surface area (Å²) in [6.07, 6.45) is 4.13. The monoisotopic (exact) mass is 291 g/mol. The summed E-state index contributed by atoms with van der Waals surface area (Å²) in [5.41, 5.74) is 8.00. The Kier molecular flexibility index (Phi) is 2.56. The highest BCUT2D eigenvalue weighted by Crippen LogP contribution is 2.39. The van der Waals surface area contributed by atoms with Crippen LogP contribution in [-0.4, -0.2) is 17.1 Å². The van der Waals surface area contributed by atoms with E-state index in [2.05, 4.69) is 44.4 Å². The average Bonchev–Trinajstić information content (AvgIpc) is 3.09. The summed E-state index contributed by atoms with van der Waals surface area (Å²) in [6.45, 7) is 0.680. The van der Waals surface area contributed by atoms with Gasteiger partial charge in [-0.25, -0.2) is 0 Å². The highest BCUT2D eigenvalue weighted by atomic mass is 79.9. The van der Waals surface area contributed by atoms with Gasteiger partial charge in [0.1, 0.15) is 0 Å². The standard InChI is InChI=1S/C13H14BrN3/c14-10-6-9-2-1-3-11(12(9)16-7-10)17-13(8-15)4-5-13/h1-3,6-7,17H,4-5,8,15H2. The van der Waals surface area contributed by atoms with E-state index in [1.54, 1.807) is 0 Å². The maximum atomic E-state index is 5.79. The number of pyridine rings is 1. The largest absolute Gasteiger partial charge is 0.377 e. The smallest absolute Gasteiger partial charge is 0.0934 e. The molecule has 4 heteroatoms. The molecular formula is C13H14BrN3. The number of fused-ring (bicyclic) bond motifs is 1. The number of halogens is 1. The van der Waals surface area contributed by atoms with Gasteiger partial charge in [-0.2, -0.15) is 0 Å². The van der Waals surface area contributed by atoms with Crippen LogP contribution in [0.4, 0.5) is 5.69 Å². The molecule has 1 saturated carbocycles. The van der Waals surface area contributed by atoms with Gasteiger partial charge < -0.3 is 11.1 Å². The van der Waals surface area contributed by atoms with Crippen molar-refractivity contribution in [2.24, 2.45) is 5.73 Å². The number of hydrogen-bond acceptors (Lipinski definition) is 3. The minimum absolute atomic E-state index is 0.114. The van der Waals surface area contributed by atoms with Gasteiger partial charge in [0.15, 0.2) is 0 Å². The van der Waals surface area contributed by atoms with Crippen LogP contribution in [0.5, 0.6) is 0 Å². The lowest BCUT2D eigenvalue weighted by Gasteiger charge is -2.17. The van der Waals surface area contributed by atoms with Gasteiger partial charge in [0.25, 0.3) is 0 Å². The van der Waals surface area contributed by atoms with Crippen molar-refractivity contribution < 1.29 is 0 Å². The molecule has 3 N–H and O–H groups in total. The highest BCUT2D eigenvalue weighted by molar-refractivity contribution is 9.10. The summed E-state index contributed by atoms with van der Waals surface area (Å²) in [4.78, 5) is 4.48. The van der Waals surface area contributed by atoms with Crippen molar-refractivity contribution in [1.82, 2.24) is 4.98 Å². The van der Waals surface area contributed by atoms with Gasteiger partial charge in [-0.05, 0) is 40.9 Å². The van der Waals surface area contributed by atoms with Gasteiger partial charge >= 0.3 is 0 Å². The lowest BCUT2D eigenvalue weighted by molar-refractivity contribution is 0.743. The van der Waals surface area contributed by atoms with Crippen LogP contribution < -0.4 is 11.1 Å². The SMILES string of the molecule is NCC1(Nc2cccc3cc(Br)cnc23)CC1. The molecule has 88 valence electrons. The third-order valence-corrected chi connectivity index (χ3v) is 3.76. The second kappa shape index (κ2) is 3.96. The van der Waals surface area contributed by atoms with Crippen LogP contribution in [0.3, 0.4) is 0 Å². The molecule has 1 aliphatic rings. The van der Waals surface area contributed by atoms with E-state index >= 15 is 0 Å². The molecule has 3 rings (SSSR count). The normalized spacial score (nSPS) is 17.1. The Morgan fingerprint density at radius 3 is 2.94 bits per heavy atom. The van der Waals surface area contributed by atoms with E-state index < -0.39 is 0 Å². The molecule has 0 unspecified atom stereocenters. The number of benzene rings is 1. The van der Waals surface area contributed by atoms with E-state index in [0.29, 0.717) is 6.54 Å². The Hall–Kier alpha value is -1.13. The topological polar surface area (TPSA) is 50.9 Å². The molecule has 1 aliphatic carbocycles. The van der Waals surface area contributed by atoms with Gasteiger partial charge in [-0.15, -0.1) is 0 Å². The molecule has 0 spiro atoms. The highest BCUT2D eigenvalue weighted by Gasteiger charge is 2.41. The number of para-hydroxylation sites is 1. The summed E-state index contributed by atoms with van der Waals surface area (Å²) in [7, 11) is 0. The first-order chi connectivity index (χ1) is 8.22. The van der Waals surface area contributed by atoms with Crippen LogP contribution in [0.15, 0.2) is 34.9 Å². The molecule has 0 aliphatic heterocycles. The molecule has 0 atom stereocenters. The van der Waals surface area contributed by atoms with E-state index in [-0.39, 0.29) is 5.54 Å². The predicted octanol–water partition coefficient (Wildman–Crippen LogP) is 2.90. The maximum Gasteiger partial charge on any atom is 0.0934 e. The number of anilines is 1. The molecule has 1 aromatic heterocycles. The van der Waals surface area contributed by atoms with Crippen molar-refractivity contribution in [2.45, 2.75) is 18.4 Å². The lowest BCUT2D eigenvalue weighted by Crippen LogP contribution is -2.30. The average molecular weight is 292 g/mol. The van der Waals surface area contributed by atoms with Crippen molar-refractivity contribution in [2.75, 3.05) is 11.9 Å². The molecule has 0 saturated heterocycles. The van der Waals surface area contributed by atoms with Crippen molar-refractivity contribution in [3.8, 4) is 0 Å². The second-order valence-electron chi connectivity index (χ2n) is 4.64. The Labute approximate surface area is 109 Å². The third-order valence-electron chi connectivity index (χ3n) is 3.32. The zero-order valence-corrected chi connectivity index (χ0v) is 11.0. The van der Waals surface area contributed by atoms with E-state index in [1.165, 1.54) is 0 Å². The van der Waals surface area contributed by atoms with Crippen LogP contribution in [-0.2, 0) is 0 Å². The summed E-state index contributed by atoms with van der Waals surface area (Å²) in [6, 6.07) is 8.26. The summed E-state index contributed by atoms with van der Waals surface area (Å²) in [5.74, 6) is 0. The third kappa shape index (κ3) is 2.03. The van der Waals surface area contributed by atoms with E-state index in [4.69, 9.17) is 5.73 Å². The summed E-state index contributed by atoms with van der Waals surface area (Å²) in [5, 5.41) is 4.67. The van der Waals surface area contributed by atoms with Gasteiger partial charge in [-0.3, -0.25) is 4.98 Å². The van der Waals surface area contributed by atoms with Crippen molar-refractivity contribution >= 4 is 32.5 Å². The first-order valence-electron chi connectivity index (χ1n) is 5.75. The molecule has 0 radical (unpaired) electrons. The molecule has 3 nitrogen and oxygen atoms in total. The number of nitrogens with one attached hydrogen (secondary N) is 1. The fourth-order valence-electron chi connectivity index (χ4n) is 2.05.